The van der Waals surface area contributed by atoms with Gasteiger partial charge in [-0.2, -0.15) is 0 Å². The molecule has 2 heterocycles. The van der Waals surface area contributed by atoms with Crippen LogP contribution in [-0.4, -0.2) is 101 Å². The van der Waals surface area contributed by atoms with E-state index in [9.17, 15) is 25.2 Å². The van der Waals surface area contributed by atoms with Gasteiger partial charge in [0.05, 0.1) is 31.5 Å². The number of hydrogen-bond acceptors (Lipinski definition) is 8. The van der Waals surface area contributed by atoms with Crippen molar-refractivity contribution >= 4 is 5.91 Å². The normalized spacial score (nSPS) is 31.0. The van der Waals surface area contributed by atoms with E-state index in [1.165, 1.54) is 0 Å². The van der Waals surface area contributed by atoms with E-state index in [1.54, 1.807) is 18.9 Å². The minimum atomic E-state index is -1.13. The molecule has 0 saturated carbocycles. The van der Waals surface area contributed by atoms with Gasteiger partial charge in [-0.1, -0.05) is 48.5 Å². The van der Waals surface area contributed by atoms with E-state index >= 15 is 0 Å². The largest absolute Gasteiger partial charge is 0.394 e. The van der Waals surface area contributed by atoms with Gasteiger partial charge in [0.15, 0.2) is 6.29 Å². The number of ether oxygens (including phenoxy) is 3. The number of aliphatic hydroxyl groups excluding tert-OH is 4. The molecule has 2 aliphatic rings. The fourth-order valence-corrected chi connectivity index (χ4v) is 3.83. The van der Waals surface area contributed by atoms with Crippen LogP contribution in [0.15, 0.2) is 0 Å². The Morgan fingerprint density at radius 2 is 1.67 bits per heavy atom. The second kappa shape index (κ2) is 19.5. The van der Waals surface area contributed by atoms with Gasteiger partial charge in [-0.05, 0) is 19.3 Å². The van der Waals surface area contributed by atoms with Gasteiger partial charge in [-0.3, -0.25) is 4.79 Å². The Hall–Kier alpha value is -0.810. The third-order valence-corrected chi connectivity index (χ3v) is 5.75. The van der Waals surface area contributed by atoms with Crippen molar-refractivity contribution in [2.75, 3.05) is 33.5 Å². The number of amides is 1. The highest BCUT2D eigenvalue weighted by molar-refractivity contribution is 5.76. The monoisotopic (exact) mass is 481 g/mol. The summed E-state index contributed by atoms with van der Waals surface area (Å²) < 4.78 is 16.5. The first-order valence-electron chi connectivity index (χ1n) is 12.1. The molecule has 0 spiro atoms. The molecule has 9 heteroatoms. The summed E-state index contributed by atoms with van der Waals surface area (Å²) in [5.41, 5.74) is 0. The second-order valence-electron chi connectivity index (χ2n) is 7.72. The molecule has 1 amide bonds. The summed E-state index contributed by atoms with van der Waals surface area (Å²) in [6.45, 7) is 10.2. The Morgan fingerprint density at radius 1 is 1.03 bits per heavy atom. The maximum absolute atomic E-state index is 12.4. The molecule has 2 rings (SSSR count). The average molecular weight is 482 g/mol. The Balaban J connectivity index is 0. The van der Waals surface area contributed by atoms with Gasteiger partial charge < -0.3 is 39.5 Å². The van der Waals surface area contributed by atoms with Gasteiger partial charge in [0.25, 0.3) is 0 Å². The number of methoxy groups -OCH3 is 1. The summed E-state index contributed by atoms with van der Waals surface area (Å²) in [5, 5.41) is 38.5. The van der Waals surface area contributed by atoms with Crippen LogP contribution in [0.3, 0.4) is 0 Å². The minimum absolute atomic E-state index is 0. The minimum Gasteiger partial charge on any atom is -0.394 e. The Labute approximate surface area is 201 Å². The van der Waals surface area contributed by atoms with Crippen LogP contribution < -0.4 is 0 Å². The molecule has 9 nitrogen and oxygen atoms in total. The van der Waals surface area contributed by atoms with Gasteiger partial charge >= 0.3 is 0 Å². The summed E-state index contributed by atoms with van der Waals surface area (Å²) in [6.07, 6.45) is -0.356. The lowest BCUT2D eigenvalue weighted by molar-refractivity contribution is -0.282. The van der Waals surface area contributed by atoms with Crippen molar-refractivity contribution in [2.45, 2.75) is 111 Å². The molecule has 0 aliphatic carbocycles. The van der Waals surface area contributed by atoms with E-state index in [1.807, 2.05) is 27.7 Å². The molecule has 2 fully saturated rings. The second-order valence-corrected chi connectivity index (χ2v) is 7.72. The van der Waals surface area contributed by atoms with Crippen LogP contribution in [0.1, 0.15) is 74.1 Å². The highest BCUT2D eigenvalue weighted by Crippen LogP contribution is 2.27. The van der Waals surface area contributed by atoms with E-state index in [0.717, 1.165) is 19.3 Å². The SMILES string of the molecule is C.CC.CC.CO[C@@H]1C[C@@H](CO)N(C(=O)CCCCCO[C@@H]2OC(CO)[C@H](O)[C@H](O)C2C)C1. The van der Waals surface area contributed by atoms with Crippen LogP contribution in [0.4, 0.5) is 0 Å². The molecule has 7 atom stereocenters. The quantitative estimate of drug-likeness (QED) is 0.349. The first-order valence-corrected chi connectivity index (χ1v) is 12.1. The zero-order valence-electron chi connectivity index (χ0n) is 20.8. The molecule has 33 heavy (non-hydrogen) atoms. The summed E-state index contributed by atoms with van der Waals surface area (Å²) in [4.78, 5) is 14.1. The number of aliphatic hydroxyl groups is 4. The number of rotatable bonds is 10. The van der Waals surface area contributed by atoms with Crippen LogP contribution in [0, 0.1) is 5.92 Å². The molecule has 0 aromatic rings. The molecule has 2 aliphatic heterocycles. The van der Waals surface area contributed by atoms with Crippen molar-refractivity contribution < 1.29 is 39.4 Å². The molecule has 2 saturated heterocycles. The number of unbranched alkanes of at least 4 members (excludes halogenated alkanes) is 2. The fourth-order valence-electron chi connectivity index (χ4n) is 3.83. The van der Waals surface area contributed by atoms with Crippen molar-refractivity contribution in [1.82, 2.24) is 4.90 Å². The van der Waals surface area contributed by atoms with Crippen LogP contribution in [0.25, 0.3) is 0 Å². The Kier molecular flexibility index (Phi) is 20.3. The summed E-state index contributed by atoms with van der Waals surface area (Å²) >= 11 is 0. The third-order valence-electron chi connectivity index (χ3n) is 5.75. The van der Waals surface area contributed by atoms with E-state index in [-0.39, 0.29) is 38.7 Å². The number of likely N-dealkylation sites (tertiary alicyclic amines) is 1. The van der Waals surface area contributed by atoms with Crippen molar-refractivity contribution in [3.63, 3.8) is 0 Å². The van der Waals surface area contributed by atoms with E-state index in [4.69, 9.17) is 14.2 Å². The maximum Gasteiger partial charge on any atom is 0.222 e. The molecular formula is C24H51NO8. The molecule has 0 aromatic carbocycles. The molecule has 0 bridgehead atoms. The van der Waals surface area contributed by atoms with E-state index in [0.29, 0.717) is 26.0 Å². The lowest BCUT2D eigenvalue weighted by Crippen LogP contribution is -2.55. The number of carbonyl (C=O) groups excluding carboxylic acids is 1. The first kappa shape index (κ1) is 34.4. The molecular weight excluding hydrogens is 430 g/mol. The Morgan fingerprint density at radius 3 is 2.21 bits per heavy atom. The number of nitrogens with zero attached hydrogens (tertiary/aromatic N) is 1. The third kappa shape index (κ3) is 10.5. The topological polar surface area (TPSA) is 129 Å². The fraction of sp³-hybridized carbons (Fsp3) is 0.958. The van der Waals surface area contributed by atoms with Gasteiger partial charge in [0, 0.05) is 32.6 Å². The zero-order chi connectivity index (χ0) is 24.7. The highest BCUT2D eigenvalue weighted by atomic mass is 16.7. The van der Waals surface area contributed by atoms with Gasteiger partial charge in [0.2, 0.25) is 5.91 Å². The van der Waals surface area contributed by atoms with Crippen LogP contribution in [0.5, 0.6) is 0 Å². The summed E-state index contributed by atoms with van der Waals surface area (Å²) in [5.74, 6) is -0.370. The molecule has 2 unspecified atom stereocenters. The molecule has 0 aromatic heterocycles. The number of hydrogen-bond donors (Lipinski definition) is 4. The predicted octanol–water partition coefficient (Wildman–Crippen LogP) is 1.94. The van der Waals surface area contributed by atoms with Crippen LogP contribution in [-0.2, 0) is 19.0 Å². The average Bonchev–Trinajstić information content (AvgIpc) is 3.27. The highest BCUT2D eigenvalue weighted by Gasteiger charge is 2.42. The van der Waals surface area contributed by atoms with Crippen molar-refractivity contribution in [3.05, 3.63) is 0 Å². The number of carbonyl (C=O) groups is 1. The summed E-state index contributed by atoms with van der Waals surface area (Å²) in [7, 11) is 1.62. The predicted molar refractivity (Wildman–Crippen MR) is 129 cm³/mol. The zero-order valence-corrected chi connectivity index (χ0v) is 20.8. The standard InChI is InChI=1S/C19H35NO8.2C2H6.CH4/c1-12-17(24)18(25)15(11-22)28-19(12)27-7-5-3-4-6-16(23)20-9-14(26-2)8-13(20)10-21;2*1-2;/h12-15,17-19,21-22,24-25H,3-11H2,1-2H3;2*1-2H3;1H4/t12?,13-,14+,15?,17+,18-,19+;;;/m0.../s1. The van der Waals surface area contributed by atoms with Gasteiger partial charge in [0.1, 0.15) is 12.2 Å². The van der Waals surface area contributed by atoms with Crippen LogP contribution in [0.2, 0.25) is 0 Å². The first-order chi connectivity index (χ1) is 15.4. The van der Waals surface area contributed by atoms with Gasteiger partial charge in [-0.25, -0.2) is 0 Å². The Bertz CT molecular complexity index is 479. The van der Waals surface area contributed by atoms with Crippen LogP contribution >= 0.6 is 0 Å². The van der Waals surface area contributed by atoms with Crippen molar-refractivity contribution in [2.24, 2.45) is 5.92 Å². The van der Waals surface area contributed by atoms with E-state index in [2.05, 4.69) is 0 Å². The molecule has 200 valence electrons. The maximum atomic E-state index is 12.4. The molecule has 0 radical (unpaired) electrons. The van der Waals surface area contributed by atoms with Crippen molar-refractivity contribution in [3.8, 4) is 0 Å². The lowest BCUT2D eigenvalue weighted by Gasteiger charge is -2.40. The smallest absolute Gasteiger partial charge is 0.222 e. The summed E-state index contributed by atoms with van der Waals surface area (Å²) in [6, 6.07) is -0.160. The molecule has 4 N–H and O–H groups in total. The van der Waals surface area contributed by atoms with Gasteiger partial charge in [-0.15, -0.1) is 0 Å². The van der Waals surface area contributed by atoms with E-state index < -0.39 is 30.5 Å². The lowest BCUT2D eigenvalue weighted by atomic mass is 9.92. The van der Waals surface area contributed by atoms with Crippen molar-refractivity contribution in [1.29, 1.82) is 0 Å².